The topological polar surface area (TPSA) is 34.1 Å². The summed E-state index contributed by atoms with van der Waals surface area (Å²) in [4.78, 5) is 4.60. The number of hydrogen-bond donors (Lipinski definition) is 1. The van der Waals surface area contributed by atoms with E-state index in [2.05, 4.69) is 36.5 Å². The van der Waals surface area contributed by atoms with Crippen molar-refractivity contribution >= 4 is 11.3 Å². The lowest BCUT2D eigenvalue weighted by Gasteiger charge is -2.23. The number of nitrogens with one attached hydrogen (secondary N) is 1. The maximum Gasteiger partial charge on any atom is 0.122 e. The van der Waals surface area contributed by atoms with Crippen molar-refractivity contribution in [2.75, 3.05) is 13.7 Å². The van der Waals surface area contributed by atoms with Crippen LogP contribution < -0.4 is 5.32 Å². The number of hydrogen-bond acceptors (Lipinski definition) is 4. The molecule has 0 aliphatic carbocycles. The zero-order valence-corrected chi connectivity index (χ0v) is 10.9. The first kappa shape index (κ1) is 12.6. The van der Waals surface area contributed by atoms with Crippen molar-refractivity contribution < 1.29 is 4.74 Å². The summed E-state index contributed by atoms with van der Waals surface area (Å²) < 4.78 is 5.25. The maximum atomic E-state index is 5.25. The minimum atomic E-state index is -0.0586. The first-order valence-electron chi connectivity index (χ1n) is 5.25. The molecule has 0 saturated carbocycles. The fourth-order valence-corrected chi connectivity index (χ4v) is 2.41. The van der Waals surface area contributed by atoms with Gasteiger partial charge in [0, 0.05) is 12.5 Å². The van der Waals surface area contributed by atoms with Crippen LogP contribution in [-0.2, 0) is 10.3 Å². The Hall–Kier alpha value is -0.450. The number of thiazole rings is 1. The predicted octanol–water partition coefficient (Wildman–Crippen LogP) is 2.70. The van der Waals surface area contributed by atoms with Gasteiger partial charge in [-0.1, -0.05) is 6.92 Å². The Labute approximate surface area is 95.9 Å². The number of methoxy groups -OCH3 is 1. The molecule has 3 nitrogen and oxygen atoms in total. The van der Waals surface area contributed by atoms with Crippen molar-refractivity contribution in [3.8, 4) is 0 Å². The minimum absolute atomic E-state index is 0.0586. The normalized spacial score (nSPS) is 14.2. The van der Waals surface area contributed by atoms with Crippen molar-refractivity contribution in [1.29, 1.82) is 0 Å². The average molecular weight is 228 g/mol. The summed E-state index contributed by atoms with van der Waals surface area (Å²) in [6.45, 7) is 9.36. The number of rotatable bonds is 5. The highest BCUT2D eigenvalue weighted by Gasteiger charge is 2.23. The van der Waals surface area contributed by atoms with Crippen LogP contribution in [0.2, 0.25) is 0 Å². The fourth-order valence-electron chi connectivity index (χ4n) is 1.39. The number of ether oxygens (including phenoxy) is 1. The summed E-state index contributed by atoms with van der Waals surface area (Å²) >= 11 is 1.66. The molecule has 0 amide bonds. The lowest BCUT2D eigenvalue weighted by Crippen LogP contribution is -2.36. The lowest BCUT2D eigenvalue weighted by molar-refractivity contribution is 0.119. The molecule has 4 heteroatoms. The highest BCUT2D eigenvalue weighted by molar-refractivity contribution is 7.09. The summed E-state index contributed by atoms with van der Waals surface area (Å²) in [5.41, 5.74) is 1.03. The summed E-state index contributed by atoms with van der Waals surface area (Å²) in [5, 5.41) is 6.56. The van der Waals surface area contributed by atoms with Gasteiger partial charge in [0.25, 0.3) is 0 Å². The second kappa shape index (κ2) is 5.05. The second-order valence-corrected chi connectivity index (χ2v) is 4.99. The van der Waals surface area contributed by atoms with Crippen LogP contribution in [0.5, 0.6) is 0 Å². The first-order valence-corrected chi connectivity index (χ1v) is 6.13. The Kier molecular flexibility index (Phi) is 4.25. The molecule has 0 fully saturated rings. The molecule has 0 aliphatic rings. The molecule has 1 aromatic heterocycles. The third kappa shape index (κ3) is 3.00. The van der Waals surface area contributed by atoms with E-state index in [0.717, 1.165) is 17.2 Å². The Morgan fingerprint density at radius 3 is 2.80 bits per heavy atom. The molecule has 1 unspecified atom stereocenters. The lowest BCUT2D eigenvalue weighted by atomic mass is 10.0. The summed E-state index contributed by atoms with van der Waals surface area (Å²) in [7, 11) is 1.71. The van der Waals surface area contributed by atoms with Crippen molar-refractivity contribution in [1.82, 2.24) is 10.3 Å². The van der Waals surface area contributed by atoms with E-state index in [9.17, 15) is 0 Å². The molecule has 15 heavy (non-hydrogen) atoms. The van der Waals surface area contributed by atoms with Crippen LogP contribution in [0.1, 0.15) is 44.5 Å². The van der Waals surface area contributed by atoms with E-state index in [1.165, 1.54) is 0 Å². The SMILES string of the molecule is CCNC(C)(C)c1csc(C(C)OC)n1. The Morgan fingerprint density at radius 2 is 2.27 bits per heavy atom. The van der Waals surface area contributed by atoms with Crippen LogP contribution in [0.4, 0.5) is 0 Å². The van der Waals surface area contributed by atoms with Crippen LogP contribution in [0.15, 0.2) is 5.38 Å². The molecular formula is C11H20N2OS. The van der Waals surface area contributed by atoms with Gasteiger partial charge >= 0.3 is 0 Å². The summed E-state index contributed by atoms with van der Waals surface area (Å²) in [6, 6.07) is 0. The molecule has 1 N–H and O–H groups in total. The fraction of sp³-hybridized carbons (Fsp3) is 0.727. The van der Waals surface area contributed by atoms with Gasteiger partial charge in [-0.2, -0.15) is 0 Å². The standard InChI is InChI=1S/C11H20N2OS/c1-6-12-11(3,4)9-7-15-10(13-9)8(2)14-5/h7-8,12H,6H2,1-5H3. The van der Waals surface area contributed by atoms with Gasteiger partial charge < -0.3 is 10.1 Å². The van der Waals surface area contributed by atoms with Gasteiger partial charge in [-0.3, -0.25) is 0 Å². The van der Waals surface area contributed by atoms with Gasteiger partial charge in [0.05, 0.1) is 11.2 Å². The highest BCUT2D eigenvalue weighted by atomic mass is 32.1. The maximum absolute atomic E-state index is 5.25. The van der Waals surface area contributed by atoms with Crippen LogP contribution in [-0.4, -0.2) is 18.6 Å². The molecule has 1 heterocycles. The zero-order valence-electron chi connectivity index (χ0n) is 10.1. The molecule has 0 radical (unpaired) electrons. The summed E-state index contributed by atoms with van der Waals surface area (Å²) in [6.07, 6.45) is 0.0844. The van der Waals surface area contributed by atoms with Crippen LogP contribution in [0.25, 0.3) is 0 Å². The molecule has 86 valence electrons. The highest BCUT2D eigenvalue weighted by Crippen LogP contribution is 2.26. The minimum Gasteiger partial charge on any atom is -0.375 e. The van der Waals surface area contributed by atoms with E-state index < -0.39 is 0 Å². The first-order chi connectivity index (χ1) is 7.01. The number of nitrogens with zero attached hydrogens (tertiary/aromatic N) is 1. The predicted molar refractivity (Wildman–Crippen MR) is 64.2 cm³/mol. The monoisotopic (exact) mass is 228 g/mol. The van der Waals surface area contributed by atoms with Gasteiger partial charge in [-0.15, -0.1) is 11.3 Å². The van der Waals surface area contributed by atoms with Crippen molar-refractivity contribution in [2.45, 2.75) is 39.3 Å². The Bertz CT molecular complexity index is 309. The van der Waals surface area contributed by atoms with Gasteiger partial charge in [-0.25, -0.2) is 4.98 Å². The van der Waals surface area contributed by atoms with Crippen LogP contribution in [0.3, 0.4) is 0 Å². The van der Waals surface area contributed by atoms with Crippen LogP contribution >= 0.6 is 11.3 Å². The molecule has 0 aromatic carbocycles. The molecule has 1 aromatic rings. The van der Waals surface area contributed by atoms with Gasteiger partial charge in [0.1, 0.15) is 11.1 Å². The average Bonchev–Trinajstić information content (AvgIpc) is 2.66. The van der Waals surface area contributed by atoms with E-state index in [1.807, 2.05) is 6.92 Å². The number of aromatic nitrogens is 1. The van der Waals surface area contributed by atoms with E-state index in [0.29, 0.717) is 0 Å². The zero-order chi connectivity index (χ0) is 11.5. The second-order valence-electron chi connectivity index (χ2n) is 4.10. The van der Waals surface area contributed by atoms with E-state index in [4.69, 9.17) is 4.74 Å². The molecule has 0 saturated heterocycles. The Balaban J connectivity index is 2.83. The summed E-state index contributed by atoms with van der Waals surface area (Å²) in [5.74, 6) is 0. The quantitative estimate of drug-likeness (QED) is 0.841. The molecule has 0 spiro atoms. The van der Waals surface area contributed by atoms with Gasteiger partial charge in [0.15, 0.2) is 0 Å². The van der Waals surface area contributed by atoms with E-state index >= 15 is 0 Å². The van der Waals surface area contributed by atoms with Gasteiger partial charge in [-0.05, 0) is 27.3 Å². The third-order valence-corrected chi connectivity index (χ3v) is 3.49. The Morgan fingerprint density at radius 1 is 1.60 bits per heavy atom. The smallest absolute Gasteiger partial charge is 0.122 e. The molecule has 0 bridgehead atoms. The van der Waals surface area contributed by atoms with Crippen LogP contribution in [0, 0.1) is 0 Å². The van der Waals surface area contributed by atoms with E-state index in [-0.39, 0.29) is 11.6 Å². The molecular weight excluding hydrogens is 208 g/mol. The van der Waals surface area contributed by atoms with Crippen molar-refractivity contribution in [3.05, 3.63) is 16.1 Å². The largest absolute Gasteiger partial charge is 0.375 e. The molecule has 1 atom stereocenters. The molecule has 0 aliphatic heterocycles. The molecule has 1 rings (SSSR count). The van der Waals surface area contributed by atoms with Crippen molar-refractivity contribution in [3.63, 3.8) is 0 Å². The van der Waals surface area contributed by atoms with Crippen molar-refractivity contribution in [2.24, 2.45) is 0 Å². The third-order valence-electron chi connectivity index (χ3n) is 2.48. The van der Waals surface area contributed by atoms with Gasteiger partial charge in [0.2, 0.25) is 0 Å². The van der Waals surface area contributed by atoms with E-state index in [1.54, 1.807) is 18.4 Å².